The van der Waals surface area contributed by atoms with E-state index in [0.717, 1.165) is 20.6 Å². The van der Waals surface area contributed by atoms with Gasteiger partial charge >= 0.3 is 123 Å². The first-order valence-corrected chi connectivity index (χ1v) is 12.5. The van der Waals surface area contributed by atoms with E-state index in [0.29, 0.717) is 12.9 Å². The molecule has 104 valence electrons. The molecule has 0 saturated heterocycles. The van der Waals surface area contributed by atoms with Crippen LogP contribution in [0.2, 0.25) is 13.1 Å². The fourth-order valence-corrected chi connectivity index (χ4v) is 15.5. The molecule has 2 aliphatic carbocycles. The molecule has 4 nitrogen and oxygen atoms in total. The van der Waals surface area contributed by atoms with Crippen molar-refractivity contribution in [2.24, 2.45) is 0 Å². The summed E-state index contributed by atoms with van der Waals surface area (Å²) in [5.74, 6) is 0. The summed E-state index contributed by atoms with van der Waals surface area (Å²) in [5, 5.41) is 2.57. The van der Waals surface area contributed by atoms with Gasteiger partial charge in [-0.05, 0) is 0 Å². The van der Waals surface area contributed by atoms with Gasteiger partial charge in [0.05, 0.1) is 0 Å². The molecular formula is C14H16O4SiTi. The van der Waals surface area contributed by atoms with Crippen molar-refractivity contribution < 1.29 is 33.6 Å². The molecule has 0 aromatic carbocycles. The fourth-order valence-electron chi connectivity index (χ4n) is 3.58. The van der Waals surface area contributed by atoms with Crippen molar-refractivity contribution in [1.82, 2.24) is 0 Å². The normalized spacial score (nSPS) is 24.5. The molecule has 0 N–H and O–H groups in total. The third-order valence-electron chi connectivity index (χ3n) is 4.43. The van der Waals surface area contributed by atoms with Gasteiger partial charge in [0, 0.05) is 0 Å². The maximum atomic E-state index is 11.0. The van der Waals surface area contributed by atoms with Crippen molar-refractivity contribution in [3.63, 3.8) is 0 Å². The second-order valence-electron chi connectivity index (χ2n) is 5.67. The number of carbonyl (C=O) groups excluding carboxylic acids is 2. The Morgan fingerprint density at radius 2 is 1.45 bits per heavy atom. The zero-order valence-electron chi connectivity index (χ0n) is 11.5. The molecule has 0 unspecified atom stereocenters. The summed E-state index contributed by atoms with van der Waals surface area (Å²) < 4.78 is 13.2. The molecule has 0 bridgehead atoms. The summed E-state index contributed by atoms with van der Waals surface area (Å²) in [7, 11) is -1.76. The standard InChI is InChI=1S/C12H14Si.2CH2O2.Ti/c1-13(2,11-7-3-4-8-11)12-9-5-6-10-12;2*2-1-3;/h3,5,7,9H,4,6H2,1-2H3;2*1H,(H,2,3);/q;;;+2/p-2. The maximum absolute atomic E-state index is 11.0. The van der Waals surface area contributed by atoms with Gasteiger partial charge in [-0.25, -0.2) is 0 Å². The van der Waals surface area contributed by atoms with Crippen LogP contribution in [0.3, 0.4) is 0 Å². The first-order valence-electron chi connectivity index (χ1n) is 6.62. The van der Waals surface area contributed by atoms with Crippen LogP contribution in [0.25, 0.3) is 0 Å². The van der Waals surface area contributed by atoms with Crippen molar-refractivity contribution in [3.8, 4) is 0 Å². The zero-order valence-corrected chi connectivity index (χ0v) is 14.1. The molecule has 0 fully saturated rings. The van der Waals surface area contributed by atoms with Crippen molar-refractivity contribution >= 4 is 21.0 Å². The first-order chi connectivity index (χ1) is 9.58. The average molecular weight is 324 g/mol. The third kappa shape index (κ3) is 1.63. The van der Waals surface area contributed by atoms with E-state index < -0.39 is 25.4 Å². The topological polar surface area (TPSA) is 52.6 Å². The van der Waals surface area contributed by atoms with Gasteiger partial charge in [0.15, 0.2) is 0 Å². The molecule has 0 saturated carbocycles. The van der Waals surface area contributed by atoms with Gasteiger partial charge in [0.25, 0.3) is 0 Å². The molecule has 3 rings (SSSR count). The summed E-state index contributed by atoms with van der Waals surface area (Å²) in [6.07, 6.45) is 9.94. The summed E-state index contributed by atoms with van der Waals surface area (Å²) >= 11 is -3.72. The fraction of sp³-hybridized carbons (Fsp3) is 0.286. The van der Waals surface area contributed by atoms with E-state index in [2.05, 4.69) is 37.4 Å². The average Bonchev–Trinajstić information content (AvgIpc) is 3.07. The van der Waals surface area contributed by atoms with Crippen LogP contribution >= 0.6 is 0 Å². The molecule has 0 atom stereocenters. The minimum absolute atomic E-state index is 0.454. The Balaban J connectivity index is 2.25. The van der Waals surface area contributed by atoms with Gasteiger partial charge in [0.2, 0.25) is 0 Å². The number of carbonyl (C=O) groups is 2. The summed E-state index contributed by atoms with van der Waals surface area (Å²) in [6.45, 7) is 5.51. The van der Waals surface area contributed by atoms with Gasteiger partial charge in [-0.1, -0.05) is 0 Å². The molecule has 3 aliphatic rings. The van der Waals surface area contributed by atoms with Crippen molar-refractivity contribution in [1.29, 1.82) is 0 Å². The Morgan fingerprint density at radius 1 is 1.00 bits per heavy atom. The third-order valence-corrected chi connectivity index (χ3v) is 14.1. The van der Waals surface area contributed by atoms with E-state index in [1.165, 1.54) is 10.4 Å². The van der Waals surface area contributed by atoms with Crippen LogP contribution < -0.4 is 0 Å². The molecule has 0 aromatic rings. The van der Waals surface area contributed by atoms with Gasteiger partial charge in [-0.3, -0.25) is 0 Å². The monoisotopic (exact) mass is 324 g/mol. The summed E-state index contributed by atoms with van der Waals surface area (Å²) in [6, 6.07) is 0. The minimum atomic E-state index is -3.72. The van der Waals surface area contributed by atoms with Crippen LogP contribution in [0.1, 0.15) is 12.8 Å². The van der Waals surface area contributed by atoms with Crippen molar-refractivity contribution in [3.05, 3.63) is 42.5 Å². The van der Waals surface area contributed by atoms with Gasteiger partial charge < -0.3 is 0 Å². The summed E-state index contributed by atoms with van der Waals surface area (Å²) in [5.41, 5.74) is 0. The Hall–Kier alpha value is -1.17. The second-order valence-corrected chi connectivity index (χ2v) is 14.5. The number of allylic oxidation sites excluding steroid dienone is 8. The van der Waals surface area contributed by atoms with E-state index in [1.54, 1.807) is 0 Å². The molecule has 1 aliphatic heterocycles. The van der Waals surface area contributed by atoms with Gasteiger partial charge in [0.1, 0.15) is 0 Å². The Bertz CT molecular complexity index is 561. The molecular weight excluding hydrogens is 308 g/mol. The van der Waals surface area contributed by atoms with E-state index in [4.69, 9.17) is 6.64 Å². The number of rotatable bonds is 4. The van der Waals surface area contributed by atoms with E-state index in [1.807, 2.05) is 0 Å². The predicted octanol–water partition coefficient (Wildman–Crippen LogP) is 2.54. The number of hydrogen-bond donors (Lipinski definition) is 0. The predicted molar refractivity (Wildman–Crippen MR) is 73.3 cm³/mol. The molecule has 0 radical (unpaired) electrons. The SMILES string of the molecule is C[Si]1(C)C2=[C](CC=C2)[Ti]([O]C=O)([O]C=O)[C]2=C1C=CC2. The van der Waals surface area contributed by atoms with Crippen molar-refractivity contribution in [2.45, 2.75) is 25.9 Å². The van der Waals surface area contributed by atoms with Crippen LogP contribution in [0.5, 0.6) is 0 Å². The van der Waals surface area contributed by atoms with E-state index in [9.17, 15) is 9.59 Å². The van der Waals surface area contributed by atoms with Gasteiger partial charge in [-0.15, -0.1) is 0 Å². The van der Waals surface area contributed by atoms with Crippen molar-refractivity contribution in [2.75, 3.05) is 0 Å². The number of hydrogen-bond acceptors (Lipinski definition) is 4. The molecule has 6 heteroatoms. The van der Waals surface area contributed by atoms with Crippen LogP contribution in [0.4, 0.5) is 0 Å². The summed E-state index contributed by atoms with van der Waals surface area (Å²) in [4.78, 5) is 22.1. The molecule has 0 amide bonds. The Kier molecular flexibility index (Phi) is 3.23. The van der Waals surface area contributed by atoms with Crippen LogP contribution in [0.15, 0.2) is 42.5 Å². The molecule has 20 heavy (non-hydrogen) atoms. The second kappa shape index (κ2) is 4.69. The molecule has 0 spiro atoms. The quantitative estimate of drug-likeness (QED) is 0.589. The van der Waals surface area contributed by atoms with Crippen LogP contribution in [-0.4, -0.2) is 21.0 Å². The Labute approximate surface area is 123 Å². The van der Waals surface area contributed by atoms with E-state index in [-0.39, 0.29) is 0 Å². The van der Waals surface area contributed by atoms with Gasteiger partial charge in [-0.2, -0.15) is 0 Å². The van der Waals surface area contributed by atoms with E-state index >= 15 is 0 Å². The Morgan fingerprint density at radius 3 is 1.85 bits per heavy atom. The van der Waals surface area contributed by atoms with Crippen LogP contribution in [0, 0.1) is 0 Å². The molecule has 1 heterocycles. The molecule has 0 aromatic heterocycles. The van der Waals surface area contributed by atoms with Crippen LogP contribution in [-0.2, 0) is 33.6 Å². The first kappa shape index (κ1) is 13.8. The zero-order chi connectivity index (χ0) is 14.4.